The lowest BCUT2D eigenvalue weighted by molar-refractivity contribution is -0.130. The zero-order chi connectivity index (χ0) is 16.5. The van der Waals surface area contributed by atoms with Gasteiger partial charge in [0.1, 0.15) is 0 Å². The van der Waals surface area contributed by atoms with E-state index in [1.807, 2.05) is 31.2 Å². The number of nitrogens with two attached hydrogens (primary N) is 1. The van der Waals surface area contributed by atoms with Crippen molar-refractivity contribution in [2.24, 2.45) is 5.73 Å². The molecule has 1 aromatic carbocycles. The Balaban J connectivity index is 2.30. The average molecular weight is 370 g/mol. The fourth-order valence-electron chi connectivity index (χ4n) is 1.92. The molecule has 0 saturated heterocycles. The van der Waals surface area contributed by atoms with Gasteiger partial charge in [-0.25, -0.2) is 0 Å². The molecule has 22 heavy (non-hydrogen) atoms. The third-order valence-electron chi connectivity index (χ3n) is 3.28. The number of hydrogen-bond acceptors (Lipinski definition) is 3. The van der Waals surface area contributed by atoms with Crippen molar-refractivity contribution < 1.29 is 9.59 Å². The Morgan fingerprint density at radius 2 is 2.00 bits per heavy atom. The molecule has 0 aliphatic heterocycles. The molecule has 3 N–H and O–H groups in total. The first-order valence-electron chi connectivity index (χ1n) is 7.39. The number of rotatable bonds is 8. The number of halogens is 1. The van der Waals surface area contributed by atoms with Crippen LogP contribution in [0.3, 0.4) is 0 Å². The number of amides is 2. The van der Waals surface area contributed by atoms with E-state index in [2.05, 4.69) is 21.2 Å². The van der Waals surface area contributed by atoms with Gasteiger partial charge in [0.2, 0.25) is 11.8 Å². The average Bonchev–Trinajstić information content (AvgIpc) is 2.47. The summed E-state index contributed by atoms with van der Waals surface area (Å²) >= 11 is 3.47. The summed E-state index contributed by atoms with van der Waals surface area (Å²) in [6, 6.07) is 7.82. The number of nitrogens with one attached hydrogen (secondary N) is 1. The number of carbonyl (C=O) groups is 2. The van der Waals surface area contributed by atoms with E-state index in [9.17, 15) is 9.59 Å². The molecule has 0 fully saturated rings. The van der Waals surface area contributed by atoms with Crippen LogP contribution in [0.4, 0.5) is 0 Å². The van der Waals surface area contributed by atoms with Gasteiger partial charge >= 0.3 is 0 Å². The van der Waals surface area contributed by atoms with Gasteiger partial charge in [-0.2, -0.15) is 0 Å². The summed E-state index contributed by atoms with van der Waals surface area (Å²) in [4.78, 5) is 25.2. The van der Waals surface area contributed by atoms with Crippen LogP contribution in [-0.4, -0.2) is 36.3 Å². The molecular formula is C16H24BrN3O2. The Labute approximate surface area is 140 Å². The van der Waals surface area contributed by atoms with Crippen LogP contribution in [0.2, 0.25) is 0 Å². The van der Waals surface area contributed by atoms with Crippen molar-refractivity contribution in [2.45, 2.75) is 38.8 Å². The van der Waals surface area contributed by atoms with Gasteiger partial charge in [-0.15, -0.1) is 0 Å². The van der Waals surface area contributed by atoms with E-state index in [1.165, 1.54) is 0 Å². The van der Waals surface area contributed by atoms with Crippen LogP contribution in [0.1, 0.15) is 31.7 Å². The minimum atomic E-state index is -0.0569. The summed E-state index contributed by atoms with van der Waals surface area (Å²) in [5, 5.41) is 2.75. The van der Waals surface area contributed by atoms with Gasteiger partial charge in [0.25, 0.3) is 0 Å². The second-order valence-electron chi connectivity index (χ2n) is 5.46. The maximum absolute atomic E-state index is 12.0. The maximum Gasteiger partial charge on any atom is 0.224 e. The molecule has 2 amide bonds. The second-order valence-corrected chi connectivity index (χ2v) is 6.31. The normalized spacial score (nSPS) is 11.8. The van der Waals surface area contributed by atoms with Gasteiger partial charge in [-0.3, -0.25) is 9.59 Å². The van der Waals surface area contributed by atoms with Crippen LogP contribution < -0.4 is 11.1 Å². The van der Waals surface area contributed by atoms with Gasteiger partial charge in [-0.05, 0) is 25.0 Å². The van der Waals surface area contributed by atoms with Gasteiger partial charge in [0.15, 0.2) is 0 Å². The number of benzene rings is 1. The molecule has 0 aliphatic rings. The van der Waals surface area contributed by atoms with Gasteiger partial charge < -0.3 is 16.0 Å². The van der Waals surface area contributed by atoms with Gasteiger partial charge in [-0.1, -0.05) is 34.1 Å². The lowest BCUT2D eigenvalue weighted by Crippen LogP contribution is -2.32. The first kappa shape index (κ1) is 18.6. The van der Waals surface area contributed by atoms with E-state index in [1.54, 1.807) is 11.9 Å². The molecule has 6 heteroatoms. The second kappa shape index (κ2) is 9.58. The Hall–Kier alpha value is -1.40. The van der Waals surface area contributed by atoms with E-state index in [0.717, 1.165) is 10.0 Å². The van der Waals surface area contributed by atoms with E-state index in [-0.39, 0.29) is 17.9 Å². The van der Waals surface area contributed by atoms with Crippen molar-refractivity contribution in [1.29, 1.82) is 0 Å². The smallest absolute Gasteiger partial charge is 0.224 e. The number of nitrogens with zero attached hydrogens (tertiary/aromatic N) is 1. The quantitative estimate of drug-likeness (QED) is 0.735. The van der Waals surface area contributed by atoms with Crippen molar-refractivity contribution in [2.75, 3.05) is 13.6 Å². The van der Waals surface area contributed by atoms with Crippen molar-refractivity contribution in [1.82, 2.24) is 10.2 Å². The molecule has 0 aliphatic carbocycles. The largest absolute Gasteiger partial charge is 0.356 e. The monoisotopic (exact) mass is 369 g/mol. The topological polar surface area (TPSA) is 75.4 Å². The van der Waals surface area contributed by atoms with Crippen molar-refractivity contribution in [3.63, 3.8) is 0 Å². The third kappa shape index (κ3) is 7.04. The van der Waals surface area contributed by atoms with E-state index >= 15 is 0 Å². The SMILES string of the molecule is CC(N)CCC(=O)NCCC(=O)N(C)Cc1ccccc1Br. The highest BCUT2D eigenvalue weighted by molar-refractivity contribution is 9.10. The highest BCUT2D eigenvalue weighted by Gasteiger charge is 2.11. The Bertz CT molecular complexity index is 506. The standard InChI is InChI=1S/C16H24BrN3O2/c1-12(18)7-8-15(21)19-10-9-16(22)20(2)11-13-5-3-4-6-14(13)17/h3-6,12H,7-11,18H2,1-2H3,(H,19,21). The molecule has 5 nitrogen and oxygen atoms in total. The van der Waals surface area contributed by atoms with Gasteiger partial charge in [0.05, 0.1) is 0 Å². The molecule has 0 bridgehead atoms. The first-order valence-corrected chi connectivity index (χ1v) is 8.19. The molecule has 0 heterocycles. The third-order valence-corrected chi connectivity index (χ3v) is 4.05. The molecule has 0 spiro atoms. The zero-order valence-corrected chi connectivity index (χ0v) is 14.7. The predicted octanol–water partition coefficient (Wildman–Crippen LogP) is 2.04. The summed E-state index contributed by atoms with van der Waals surface area (Å²) in [6.45, 7) is 2.77. The van der Waals surface area contributed by atoms with Crippen LogP contribution in [0.5, 0.6) is 0 Å². The number of carbonyl (C=O) groups excluding carboxylic acids is 2. The minimum absolute atomic E-state index is 0.00301. The molecule has 0 radical (unpaired) electrons. The summed E-state index contributed by atoms with van der Waals surface area (Å²) in [6.07, 6.45) is 1.35. The molecule has 1 atom stereocenters. The predicted molar refractivity (Wildman–Crippen MR) is 91.1 cm³/mol. The van der Waals surface area contributed by atoms with Crippen LogP contribution in [0.15, 0.2) is 28.7 Å². The molecule has 0 saturated carbocycles. The molecular weight excluding hydrogens is 346 g/mol. The van der Waals surface area contributed by atoms with Crippen LogP contribution in [0.25, 0.3) is 0 Å². The van der Waals surface area contributed by atoms with Crippen molar-refractivity contribution >= 4 is 27.7 Å². The highest BCUT2D eigenvalue weighted by atomic mass is 79.9. The zero-order valence-electron chi connectivity index (χ0n) is 13.1. The lowest BCUT2D eigenvalue weighted by Gasteiger charge is -2.18. The maximum atomic E-state index is 12.0. The van der Waals surface area contributed by atoms with Crippen LogP contribution >= 0.6 is 15.9 Å². The van der Waals surface area contributed by atoms with E-state index in [0.29, 0.717) is 32.4 Å². The first-order chi connectivity index (χ1) is 10.4. The van der Waals surface area contributed by atoms with Crippen LogP contribution in [-0.2, 0) is 16.1 Å². The summed E-state index contributed by atoms with van der Waals surface area (Å²) in [7, 11) is 1.76. The Morgan fingerprint density at radius 3 is 2.64 bits per heavy atom. The van der Waals surface area contributed by atoms with E-state index in [4.69, 9.17) is 5.73 Å². The lowest BCUT2D eigenvalue weighted by atomic mass is 10.2. The van der Waals surface area contributed by atoms with Crippen LogP contribution in [0, 0.1) is 0 Å². The molecule has 122 valence electrons. The highest BCUT2D eigenvalue weighted by Crippen LogP contribution is 2.17. The molecule has 0 aromatic heterocycles. The van der Waals surface area contributed by atoms with Crippen molar-refractivity contribution in [3.05, 3.63) is 34.3 Å². The molecule has 1 unspecified atom stereocenters. The number of hydrogen-bond donors (Lipinski definition) is 2. The molecule has 1 rings (SSSR count). The van der Waals surface area contributed by atoms with Gasteiger partial charge in [0, 0.05) is 43.5 Å². The Kier molecular flexibility index (Phi) is 8.12. The Morgan fingerprint density at radius 1 is 1.32 bits per heavy atom. The summed E-state index contributed by atoms with van der Waals surface area (Å²) < 4.78 is 0.985. The summed E-state index contributed by atoms with van der Waals surface area (Å²) in [5.41, 5.74) is 6.65. The fraction of sp³-hybridized carbons (Fsp3) is 0.500. The van der Waals surface area contributed by atoms with Crippen molar-refractivity contribution in [3.8, 4) is 0 Å². The molecule has 1 aromatic rings. The minimum Gasteiger partial charge on any atom is -0.356 e. The summed E-state index contributed by atoms with van der Waals surface area (Å²) in [5.74, 6) is -0.0539. The fourth-order valence-corrected chi connectivity index (χ4v) is 2.33. The van der Waals surface area contributed by atoms with E-state index < -0.39 is 0 Å².